The molecule has 0 unspecified atom stereocenters. The van der Waals surface area contributed by atoms with Gasteiger partial charge in [-0.2, -0.15) is 0 Å². The van der Waals surface area contributed by atoms with E-state index in [9.17, 15) is 0 Å². The lowest BCUT2D eigenvalue weighted by atomic mass is 9.76. The molecule has 0 radical (unpaired) electrons. The van der Waals surface area contributed by atoms with Crippen LogP contribution in [0.15, 0.2) is 28.7 Å². The summed E-state index contributed by atoms with van der Waals surface area (Å²) in [7, 11) is 0. The van der Waals surface area contributed by atoms with Gasteiger partial charge in [0.1, 0.15) is 0 Å². The number of benzene rings is 1. The van der Waals surface area contributed by atoms with E-state index in [4.69, 9.17) is 6.42 Å². The number of rotatable bonds is 4. The van der Waals surface area contributed by atoms with E-state index in [1.807, 2.05) is 0 Å². The predicted octanol–water partition coefficient (Wildman–Crippen LogP) is 3.31. The standard InChI is InChI=1S/C14H16BrN/c1-2-3-8-16-12-9-11(10-12)13-6-4-5-7-14(13)15/h1,4-7,11-12,16H,3,8-10H2. The highest BCUT2D eigenvalue weighted by Crippen LogP contribution is 2.39. The minimum Gasteiger partial charge on any atom is -0.313 e. The second-order valence-corrected chi connectivity index (χ2v) is 5.15. The van der Waals surface area contributed by atoms with Crippen LogP contribution in [0.4, 0.5) is 0 Å². The van der Waals surface area contributed by atoms with Crippen molar-refractivity contribution in [3.63, 3.8) is 0 Å². The zero-order chi connectivity index (χ0) is 11.4. The molecule has 1 N–H and O–H groups in total. The second-order valence-electron chi connectivity index (χ2n) is 4.30. The van der Waals surface area contributed by atoms with Crippen LogP contribution in [0.1, 0.15) is 30.7 Å². The molecular weight excluding hydrogens is 262 g/mol. The maximum absolute atomic E-state index is 5.22. The fraction of sp³-hybridized carbons (Fsp3) is 0.429. The van der Waals surface area contributed by atoms with Crippen LogP contribution in [0.3, 0.4) is 0 Å². The van der Waals surface area contributed by atoms with E-state index in [2.05, 4.69) is 51.4 Å². The van der Waals surface area contributed by atoms with E-state index < -0.39 is 0 Å². The fourth-order valence-electron chi connectivity index (χ4n) is 2.19. The molecule has 1 nitrogen and oxygen atoms in total. The van der Waals surface area contributed by atoms with Crippen LogP contribution in [0.5, 0.6) is 0 Å². The molecule has 1 saturated carbocycles. The molecule has 2 heteroatoms. The third kappa shape index (κ3) is 2.66. The highest BCUT2D eigenvalue weighted by atomic mass is 79.9. The maximum Gasteiger partial charge on any atom is 0.0211 e. The summed E-state index contributed by atoms with van der Waals surface area (Å²) in [5.41, 5.74) is 1.44. The van der Waals surface area contributed by atoms with Gasteiger partial charge in [0, 0.05) is 23.5 Å². The quantitative estimate of drug-likeness (QED) is 0.658. The number of nitrogens with one attached hydrogen (secondary N) is 1. The Kier molecular flexibility index (Phi) is 4.04. The molecule has 0 bridgehead atoms. The van der Waals surface area contributed by atoms with Crippen LogP contribution >= 0.6 is 15.9 Å². The summed E-state index contributed by atoms with van der Waals surface area (Å²) in [6.07, 6.45) is 8.50. The van der Waals surface area contributed by atoms with Crippen LogP contribution in [0.2, 0.25) is 0 Å². The van der Waals surface area contributed by atoms with Gasteiger partial charge in [-0.25, -0.2) is 0 Å². The average molecular weight is 278 g/mol. The fourth-order valence-corrected chi connectivity index (χ4v) is 2.80. The van der Waals surface area contributed by atoms with Gasteiger partial charge in [0.25, 0.3) is 0 Å². The number of terminal acetylenes is 1. The van der Waals surface area contributed by atoms with Gasteiger partial charge in [0.15, 0.2) is 0 Å². The Bertz CT molecular complexity index is 388. The summed E-state index contributed by atoms with van der Waals surface area (Å²) in [6, 6.07) is 9.17. The highest BCUT2D eigenvalue weighted by Gasteiger charge is 2.30. The topological polar surface area (TPSA) is 12.0 Å². The molecule has 84 valence electrons. The molecule has 0 atom stereocenters. The molecular formula is C14H16BrN. The Morgan fingerprint density at radius 1 is 1.38 bits per heavy atom. The summed E-state index contributed by atoms with van der Waals surface area (Å²) in [5.74, 6) is 3.36. The highest BCUT2D eigenvalue weighted by molar-refractivity contribution is 9.10. The van der Waals surface area contributed by atoms with Crippen molar-refractivity contribution in [2.45, 2.75) is 31.2 Å². The first-order chi connectivity index (χ1) is 7.81. The third-order valence-electron chi connectivity index (χ3n) is 3.19. The molecule has 1 fully saturated rings. The lowest BCUT2D eigenvalue weighted by Crippen LogP contribution is -2.40. The van der Waals surface area contributed by atoms with Crippen molar-refractivity contribution in [1.82, 2.24) is 5.32 Å². The Labute approximate surface area is 106 Å². The van der Waals surface area contributed by atoms with Crippen molar-refractivity contribution in [2.24, 2.45) is 0 Å². The summed E-state index contributed by atoms with van der Waals surface area (Å²) >= 11 is 3.61. The first kappa shape index (κ1) is 11.7. The van der Waals surface area contributed by atoms with Gasteiger partial charge in [0.2, 0.25) is 0 Å². The zero-order valence-corrected chi connectivity index (χ0v) is 10.8. The van der Waals surface area contributed by atoms with E-state index in [-0.39, 0.29) is 0 Å². The maximum atomic E-state index is 5.22. The van der Waals surface area contributed by atoms with Crippen LogP contribution in [0, 0.1) is 12.3 Å². The molecule has 2 rings (SSSR count). The molecule has 1 aromatic carbocycles. The molecule has 0 saturated heterocycles. The Morgan fingerprint density at radius 2 is 2.12 bits per heavy atom. The normalized spacial score (nSPS) is 23.5. The van der Waals surface area contributed by atoms with Gasteiger partial charge in [-0.15, -0.1) is 12.3 Å². The van der Waals surface area contributed by atoms with E-state index in [0.29, 0.717) is 12.0 Å². The lowest BCUT2D eigenvalue weighted by molar-refractivity contribution is 0.293. The molecule has 16 heavy (non-hydrogen) atoms. The third-order valence-corrected chi connectivity index (χ3v) is 3.91. The predicted molar refractivity (Wildman–Crippen MR) is 71.4 cm³/mol. The van der Waals surface area contributed by atoms with Crippen LogP contribution < -0.4 is 5.32 Å². The van der Waals surface area contributed by atoms with Gasteiger partial charge < -0.3 is 5.32 Å². The Morgan fingerprint density at radius 3 is 2.81 bits per heavy atom. The van der Waals surface area contributed by atoms with Gasteiger partial charge >= 0.3 is 0 Å². The van der Waals surface area contributed by atoms with Gasteiger partial charge in [-0.05, 0) is 30.4 Å². The SMILES string of the molecule is C#CCCNC1CC(c2ccccc2Br)C1. The van der Waals surface area contributed by atoms with E-state index in [1.54, 1.807) is 0 Å². The number of hydrogen-bond acceptors (Lipinski definition) is 1. The smallest absolute Gasteiger partial charge is 0.0211 e. The summed E-state index contributed by atoms with van der Waals surface area (Å²) in [4.78, 5) is 0. The van der Waals surface area contributed by atoms with Crippen LogP contribution in [-0.4, -0.2) is 12.6 Å². The number of hydrogen-bond donors (Lipinski definition) is 1. The molecule has 0 spiro atoms. The number of halogens is 1. The minimum absolute atomic E-state index is 0.658. The molecule has 0 amide bonds. The van der Waals surface area contributed by atoms with E-state index in [1.165, 1.54) is 22.9 Å². The second kappa shape index (κ2) is 5.52. The molecule has 0 heterocycles. The van der Waals surface area contributed by atoms with E-state index >= 15 is 0 Å². The van der Waals surface area contributed by atoms with Gasteiger partial charge in [-0.1, -0.05) is 34.1 Å². The molecule has 0 aromatic heterocycles. The average Bonchev–Trinajstić information content (AvgIpc) is 2.23. The van der Waals surface area contributed by atoms with Crippen molar-refractivity contribution >= 4 is 15.9 Å². The monoisotopic (exact) mass is 277 g/mol. The first-order valence-electron chi connectivity index (χ1n) is 5.72. The summed E-state index contributed by atoms with van der Waals surface area (Å²) in [5, 5.41) is 3.48. The molecule has 0 aliphatic heterocycles. The van der Waals surface area contributed by atoms with Gasteiger partial charge in [-0.3, -0.25) is 0 Å². The zero-order valence-electron chi connectivity index (χ0n) is 9.25. The summed E-state index contributed by atoms with van der Waals surface area (Å²) in [6.45, 7) is 0.948. The summed E-state index contributed by atoms with van der Waals surface area (Å²) < 4.78 is 1.24. The van der Waals surface area contributed by atoms with Crippen molar-refractivity contribution in [3.05, 3.63) is 34.3 Å². The molecule has 1 aliphatic rings. The van der Waals surface area contributed by atoms with Crippen LogP contribution in [0.25, 0.3) is 0 Å². The van der Waals surface area contributed by atoms with Gasteiger partial charge in [0.05, 0.1) is 0 Å². The minimum atomic E-state index is 0.658. The van der Waals surface area contributed by atoms with Crippen LogP contribution in [-0.2, 0) is 0 Å². The Hall–Kier alpha value is -0.780. The first-order valence-corrected chi connectivity index (χ1v) is 6.52. The van der Waals surface area contributed by atoms with Crippen molar-refractivity contribution in [1.29, 1.82) is 0 Å². The lowest BCUT2D eigenvalue weighted by Gasteiger charge is -2.36. The Balaban J connectivity index is 1.80. The van der Waals surface area contributed by atoms with Crippen molar-refractivity contribution in [3.8, 4) is 12.3 Å². The molecule has 1 aliphatic carbocycles. The van der Waals surface area contributed by atoms with Crippen molar-refractivity contribution < 1.29 is 0 Å². The molecule has 1 aromatic rings. The largest absolute Gasteiger partial charge is 0.313 e. The van der Waals surface area contributed by atoms with Crippen molar-refractivity contribution in [2.75, 3.05) is 6.54 Å². The van der Waals surface area contributed by atoms with E-state index in [0.717, 1.165) is 13.0 Å².